The number of rotatable bonds is 5. The van der Waals surface area contributed by atoms with Gasteiger partial charge in [-0.15, -0.1) is 0 Å². The molecule has 128 valence electrons. The third kappa shape index (κ3) is 3.39. The van der Waals surface area contributed by atoms with Gasteiger partial charge in [-0.3, -0.25) is 4.90 Å². The van der Waals surface area contributed by atoms with Crippen molar-refractivity contribution in [3.05, 3.63) is 59.9 Å². The number of ether oxygens (including phenoxy) is 1. The number of hydrogen-bond acceptors (Lipinski definition) is 3. The number of piperidine rings is 1. The lowest BCUT2D eigenvalue weighted by atomic mass is 9.93. The van der Waals surface area contributed by atoms with Crippen molar-refractivity contribution in [1.29, 1.82) is 0 Å². The van der Waals surface area contributed by atoms with Crippen LogP contribution in [0.1, 0.15) is 49.5 Å². The molecule has 3 rings (SSSR count). The summed E-state index contributed by atoms with van der Waals surface area (Å²) in [4.78, 5) is 15.1. The molecule has 0 aliphatic carbocycles. The Bertz CT molecular complexity index is 665. The van der Waals surface area contributed by atoms with Crippen LogP contribution in [0.4, 0.5) is 0 Å². The van der Waals surface area contributed by atoms with E-state index in [1.165, 1.54) is 12.0 Å². The van der Waals surface area contributed by atoms with Crippen molar-refractivity contribution < 1.29 is 9.53 Å². The van der Waals surface area contributed by atoms with E-state index in [1.807, 2.05) is 42.9 Å². The summed E-state index contributed by atoms with van der Waals surface area (Å²) in [5.41, 5.74) is 2.27. The highest BCUT2D eigenvalue weighted by Crippen LogP contribution is 2.38. The van der Waals surface area contributed by atoms with E-state index >= 15 is 0 Å². The van der Waals surface area contributed by atoms with Crippen LogP contribution in [0.3, 0.4) is 0 Å². The van der Waals surface area contributed by atoms with Gasteiger partial charge in [-0.2, -0.15) is 0 Å². The van der Waals surface area contributed by atoms with Crippen molar-refractivity contribution in [2.75, 3.05) is 13.2 Å². The van der Waals surface area contributed by atoms with Gasteiger partial charge < -0.3 is 9.30 Å². The maximum absolute atomic E-state index is 12.8. The Morgan fingerprint density at radius 2 is 2.00 bits per heavy atom. The molecule has 1 aliphatic rings. The van der Waals surface area contributed by atoms with Gasteiger partial charge in [-0.1, -0.05) is 36.8 Å². The number of nitrogens with zero attached hydrogens (tertiary/aromatic N) is 2. The van der Waals surface area contributed by atoms with Gasteiger partial charge in [0.25, 0.3) is 0 Å². The molecule has 2 unspecified atom stereocenters. The summed E-state index contributed by atoms with van der Waals surface area (Å²) in [6, 6.07) is 14.4. The zero-order chi connectivity index (χ0) is 16.9. The van der Waals surface area contributed by atoms with Crippen LogP contribution >= 0.6 is 0 Å². The predicted octanol–water partition coefficient (Wildman–Crippen LogP) is 3.86. The molecule has 24 heavy (non-hydrogen) atoms. The molecule has 0 saturated carbocycles. The van der Waals surface area contributed by atoms with E-state index in [9.17, 15) is 4.79 Å². The van der Waals surface area contributed by atoms with E-state index in [0.29, 0.717) is 6.61 Å². The number of carbonyl (C=O) groups is 1. The van der Waals surface area contributed by atoms with Crippen LogP contribution < -0.4 is 0 Å². The normalized spacial score (nSPS) is 19.8. The van der Waals surface area contributed by atoms with Gasteiger partial charge in [0.2, 0.25) is 0 Å². The van der Waals surface area contributed by atoms with Crippen molar-refractivity contribution in [1.82, 2.24) is 9.47 Å². The Balaban J connectivity index is 1.98. The Labute approximate surface area is 144 Å². The minimum atomic E-state index is -0.351. The summed E-state index contributed by atoms with van der Waals surface area (Å²) >= 11 is 0. The quantitative estimate of drug-likeness (QED) is 0.783. The third-order valence-corrected chi connectivity index (χ3v) is 4.83. The fourth-order valence-electron chi connectivity index (χ4n) is 3.70. The molecular weight excluding hydrogens is 300 g/mol. The fourth-order valence-corrected chi connectivity index (χ4v) is 3.70. The van der Waals surface area contributed by atoms with E-state index in [1.54, 1.807) is 0 Å². The van der Waals surface area contributed by atoms with Gasteiger partial charge in [0, 0.05) is 25.0 Å². The number of carbonyl (C=O) groups excluding carboxylic acids is 1. The first kappa shape index (κ1) is 16.8. The number of esters is 1. The van der Waals surface area contributed by atoms with Gasteiger partial charge in [-0.25, -0.2) is 4.79 Å². The highest BCUT2D eigenvalue weighted by atomic mass is 16.5. The van der Waals surface area contributed by atoms with E-state index in [-0.39, 0.29) is 18.1 Å². The number of aromatic nitrogens is 1. The first-order valence-electron chi connectivity index (χ1n) is 8.81. The summed E-state index contributed by atoms with van der Waals surface area (Å²) in [6.45, 7) is 3.18. The molecule has 1 fully saturated rings. The van der Waals surface area contributed by atoms with Crippen LogP contribution in [-0.2, 0) is 16.6 Å². The molecule has 0 N–H and O–H groups in total. The van der Waals surface area contributed by atoms with Crippen LogP contribution in [0.2, 0.25) is 0 Å². The Hall–Kier alpha value is -2.07. The zero-order valence-electron chi connectivity index (χ0n) is 14.5. The number of likely N-dealkylation sites (tertiary alicyclic amines) is 1. The van der Waals surface area contributed by atoms with Gasteiger partial charge >= 0.3 is 5.97 Å². The van der Waals surface area contributed by atoms with Gasteiger partial charge in [0.05, 0.1) is 6.61 Å². The van der Waals surface area contributed by atoms with Crippen molar-refractivity contribution in [3.8, 4) is 0 Å². The van der Waals surface area contributed by atoms with E-state index in [4.69, 9.17) is 4.74 Å². The molecule has 0 bridgehead atoms. The second-order valence-electron chi connectivity index (χ2n) is 6.36. The lowest BCUT2D eigenvalue weighted by molar-refractivity contribution is -0.152. The average Bonchev–Trinajstić information content (AvgIpc) is 3.02. The highest BCUT2D eigenvalue weighted by Gasteiger charge is 2.37. The molecule has 0 amide bonds. The highest BCUT2D eigenvalue weighted by molar-refractivity contribution is 5.77. The summed E-state index contributed by atoms with van der Waals surface area (Å²) in [5, 5.41) is 0. The second-order valence-corrected chi connectivity index (χ2v) is 6.36. The van der Waals surface area contributed by atoms with Crippen LogP contribution in [0.5, 0.6) is 0 Å². The molecule has 1 saturated heterocycles. The molecule has 2 atom stereocenters. The summed E-state index contributed by atoms with van der Waals surface area (Å²) in [7, 11) is 1.99. The molecular formula is C20H26N2O2. The summed E-state index contributed by atoms with van der Waals surface area (Å²) in [6.07, 6.45) is 5.37. The maximum atomic E-state index is 12.8. The molecule has 2 aromatic rings. The van der Waals surface area contributed by atoms with E-state index < -0.39 is 0 Å². The number of benzene rings is 1. The minimum absolute atomic E-state index is 0.151. The molecule has 4 heteroatoms. The monoisotopic (exact) mass is 326 g/mol. The first-order valence-corrected chi connectivity index (χ1v) is 8.81. The molecule has 2 heterocycles. The van der Waals surface area contributed by atoms with Gasteiger partial charge in [0.15, 0.2) is 0 Å². The van der Waals surface area contributed by atoms with Gasteiger partial charge in [-0.05, 0) is 44.0 Å². The SMILES string of the molecule is CCOC(=O)C(c1cccn1C)N1CCCCC1c1ccccc1. The molecule has 1 aliphatic heterocycles. The first-order chi connectivity index (χ1) is 11.7. The summed E-state index contributed by atoms with van der Waals surface area (Å²) < 4.78 is 7.45. The van der Waals surface area contributed by atoms with Gasteiger partial charge in [0.1, 0.15) is 6.04 Å². The lowest BCUT2D eigenvalue weighted by Crippen LogP contribution is -2.41. The van der Waals surface area contributed by atoms with Crippen LogP contribution in [0.25, 0.3) is 0 Å². The Morgan fingerprint density at radius 3 is 2.67 bits per heavy atom. The number of hydrogen-bond donors (Lipinski definition) is 0. The second kappa shape index (κ2) is 7.67. The predicted molar refractivity (Wildman–Crippen MR) is 94.5 cm³/mol. The van der Waals surface area contributed by atoms with Crippen LogP contribution in [-0.4, -0.2) is 28.6 Å². The largest absolute Gasteiger partial charge is 0.465 e. The summed E-state index contributed by atoms with van der Waals surface area (Å²) in [5.74, 6) is -0.151. The van der Waals surface area contributed by atoms with Crippen molar-refractivity contribution in [3.63, 3.8) is 0 Å². The molecule has 0 spiro atoms. The van der Waals surface area contributed by atoms with E-state index in [2.05, 4.69) is 29.2 Å². The van der Waals surface area contributed by atoms with Crippen LogP contribution in [0, 0.1) is 0 Å². The van der Waals surface area contributed by atoms with Crippen molar-refractivity contribution >= 4 is 5.97 Å². The molecule has 4 nitrogen and oxygen atoms in total. The smallest absolute Gasteiger partial charge is 0.329 e. The molecule has 0 radical (unpaired) electrons. The number of aryl methyl sites for hydroxylation is 1. The minimum Gasteiger partial charge on any atom is -0.465 e. The lowest BCUT2D eigenvalue weighted by Gasteiger charge is -2.40. The van der Waals surface area contributed by atoms with Crippen molar-refractivity contribution in [2.45, 2.75) is 38.3 Å². The van der Waals surface area contributed by atoms with Crippen LogP contribution in [0.15, 0.2) is 48.7 Å². The molecule has 1 aromatic carbocycles. The standard InChI is InChI=1S/C20H26N2O2/c1-3-24-20(23)19(18-13-9-14-21(18)2)22-15-8-7-12-17(22)16-10-5-4-6-11-16/h4-6,9-11,13-14,17,19H,3,7-8,12,15H2,1-2H3. The van der Waals surface area contributed by atoms with E-state index in [0.717, 1.165) is 25.1 Å². The Morgan fingerprint density at radius 1 is 1.21 bits per heavy atom. The topological polar surface area (TPSA) is 34.5 Å². The fraction of sp³-hybridized carbons (Fsp3) is 0.450. The maximum Gasteiger partial charge on any atom is 0.329 e. The average molecular weight is 326 g/mol. The Kier molecular flexibility index (Phi) is 5.36. The molecule has 1 aromatic heterocycles. The van der Waals surface area contributed by atoms with Crippen molar-refractivity contribution in [2.24, 2.45) is 7.05 Å². The zero-order valence-corrected chi connectivity index (χ0v) is 14.5. The third-order valence-electron chi connectivity index (χ3n) is 4.83.